The number of aliphatic hydroxyl groups is 1. The van der Waals surface area contributed by atoms with Crippen molar-refractivity contribution in [1.82, 2.24) is 9.80 Å². The van der Waals surface area contributed by atoms with Gasteiger partial charge in [0.15, 0.2) is 0 Å². The minimum Gasteiger partial charge on any atom is -0.393 e. The van der Waals surface area contributed by atoms with Crippen LogP contribution >= 0.6 is 0 Å². The Hall–Kier alpha value is -0.120. The Morgan fingerprint density at radius 2 is 1.93 bits per heavy atom. The predicted octanol–water partition coefficient (Wildman–Crippen LogP) is 1.17. The van der Waals surface area contributed by atoms with E-state index in [1.165, 1.54) is 25.9 Å². The fraction of sp³-hybridized carbons (Fsp3) is 1.00. The molecule has 0 aromatic heterocycles. The van der Waals surface area contributed by atoms with Crippen molar-refractivity contribution < 1.29 is 5.11 Å². The van der Waals surface area contributed by atoms with Crippen LogP contribution in [0.1, 0.15) is 32.6 Å². The summed E-state index contributed by atoms with van der Waals surface area (Å²) in [5.74, 6) is 0. The molecule has 1 fully saturated rings. The van der Waals surface area contributed by atoms with Crippen LogP contribution in [0, 0.1) is 0 Å². The number of nitrogens with zero attached hydrogens (tertiary/aromatic N) is 2. The van der Waals surface area contributed by atoms with Crippen LogP contribution < -0.4 is 0 Å². The van der Waals surface area contributed by atoms with Gasteiger partial charge in [-0.1, -0.05) is 0 Å². The third-order valence-corrected chi connectivity index (χ3v) is 3.38. The molecule has 0 amide bonds. The van der Waals surface area contributed by atoms with E-state index in [0.29, 0.717) is 0 Å². The van der Waals surface area contributed by atoms with Crippen molar-refractivity contribution in [3.8, 4) is 0 Å². The Labute approximate surface area is 94.1 Å². The van der Waals surface area contributed by atoms with E-state index in [0.717, 1.165) is 25.4 Å². The second-order valence-corrected chi connectivity index (χ2v) is 5.03. The van der Waals surface area contributed by atoms with Gasteiger partial charge in [0.1, 0.15) is 0 Å². The summed E-state index contributed by atoms with van der Waals surface area (Å²) in [5, 5.41) is 9.17. The van der Waals surface area contributed by atoms with Crippen LogP contribution in [0.4, 0.5) is 0 Å². The molecule has 1 unspecified atom stereocenters. The lowest BCUT2D eigenvalue weighted by Gasteiger charge is -2.35. The molecular formula is C12H26N2O. The Bertz CT molecular complexity index is 160. The van der Waals surface area contributed by atoms with Crippen molar-refractivity contribution in [2.24, 2.45) is 0 Å². The standard InChI is InChI=1S/C12H26N2O/c1-11(15)5-4-8-14-9-6-12(7-10-14)13(2)3/h11-12,15H,4-10H2,1-3H3. The molecule has 1 heterocycles. The monoisotopic (exact) mass is 214 g/mol. The molecule has 0 aliphatic carbocycles. The van der Waals surface area contributed by atoms with Crippen molar-refractivity contribution in [1.29, 1.82) is 0 Å². The lowest BCUT2D eigenvalue weighted by Crippen LogP contribution is -2.42. The molecule has 1 rings (SSSR count). The van der Waals surface area contributed by atoms with Gasteiger partial charge in [0.25, 0.3) is 0 Å². The van der Waals surface area contributed by atoms with Gasteiger partial charge >= 0.3 is 0 Å². The molecule has 0 aromatic rings. The SMILES string of the molecule is CC(O)CCCN1CCC(N(C)C)CC1. The average Bonchev–Trinajstić information content (AvgIpc) is 2.18. The first kappa shape index (κ1) is 12.9. The molecule has 1 saturated heterocycles. The molecule has 0 radical (unpaired) electrons. The van der Waals surface area contributed by atoms with Crippen LogP contribution in [0.2, 0.25) is 0 Å². The molecule has 90 valence electrons. The second kappa shape index (κ2) is 6.46. The molecule has 1 aliphatic heterocycles. The topological polar surface area (TPSA) is 26.7 Å². The van der Waals surface area contributed by atoms with Crippen LogP contribution in [0.25, 0.3) is 0 Å². The highest BCUT2D eigenvalue weighted by molar-refractivity contribution is 4.76. The van der Waals surface area contributed by atoms with Crippen LogP contribution in [-0.2, 0) is 0 Å². The third kappa shape index (κ3) is 4.96. The van der Waals surface area contributed by atoms with E-state index in [-0.39, 0.29) is 6.10 Å². The van der Waals surface area contributed by atoms with Gasteiger partial charge in [-0.15, -0.1) is 0 Å². The van der Waals surface area contributed by atoms with E-state index in [4.69, 9.17) is 0 Å². The minimum absolute atomic E-state index is 0.135. The number of hydrogen-bond acceptors (Lipinski definition) is 3. The normalized spacial score (nSPS) is 22.2. The Kier molecular flexibility index (Phi) is 5.58. The highest BCUT2D eigenvalue weighted by atomic mass is 16.3. The van der Waals surface area contributed by atoms with Crippen LogP contribution in [0.5, 0.6) is 0 Å². The smallest absolute Gasteiger partial charge is 0.0512 e. The Balaban J connectivity index is 2.09. The van der Waals surface area contributed by atoms with Gasteiger partial charge < -0.3 is 14.9 Å². The highest BCUT2D eigenvalue weighted by Crippen LogP contribution is 2.14. The number of hydrogen-bond donors (Lipinski definition) is 1. The number of aliphatic hydroxyl groups excluding tert-OH is 1. The van der Waals surface area contributed by atoms with E-state index >= 15 is 0 Å². The van der Waals surface area contributed by atoms with Crippen LogP contribution in [-0.4, -0.2) is 60.8 Å². The molecule has 1 atom stereocenters. The second-order valence-electron chi connectivity index (χ2n) is 5.03. The third-order valence-electron chi connectivity index (χ3n) is 3.38. The molecule has 0 aromatic carbocycles. The zero-order chi connectivity index (χ0) is 11.3. The summed E-state index contributed by atoms with van der Waals surface area (Å²) < 4.78 is 0. The summed E-state index contributed by atoms with van der Waals surface area (Å²) >= 11 is 0. The molecule has 15 heavy (non-hydrogen) atoms. The van der Waals surface area contributed by atoms with Gasteiger partial charge in [0.2, 0.25) is 0 Å². The van der Waals surface area contributed by atoms with Gasteiger partial charge in [-0.2, -0.15) is 0 Å². The zero-order valence-electron chi connectivity index (χ0n) is 10.4. The largest absolute Gasteiger partial charge is 0.393 e. The Morgan fingerprint density at radius 3 is 2.40 bits per heavy atom. The van der Waals surface area contributed by atoms with E-state index in [2.05, 4.69) is 23.9 Å². The summed E-state index contributed by atoms with van der Waals surface area (Å²) in [6.07, 6.45) is 4.52. The minimum atomic E-state index is -0.135. The lowest BCUT2D eigenvalue weighted by molar-refractivity contribution is 0.132. The van der Waals surface area contributed by atoms with Gasteiger partial charge in [0, 0.05) is 6.04 Å². The van der Waals surface area contributed by atoms with E-state index in [1.54, 1.807) is 0 Å². The van der Waals surface area contributed by atoms with Crippen LogP contribution in [0.3, 0.4) is 0 Å². The maximum atomic E-state index is 9.17. The molecule has 0 saturated carbocycles. The summed E-state index contributed by atoms with van der Waals surface area (Å²) in [6, 6.07) is 0.776. The van der Waals surface area contributed by atoms with Crippen molar-refractivity contribution >= 4 is 0 Å². The quantitative estimate of drug-likeness (QED) is 0.744. The zero-order valence-corrected chi connectivity index (χ0v) is 10.4. The molecule has 3 heteroatoms. The van der Waals surface area contributed by atoms with Crippen molar-refractivity contribution in [2.75, 3.05) is 33.7 Å². The first-order valence-corrected chi connectivity index (χ1v) is 6.16. The fourth-order valence-electron chi connectivity index (χ4n) is 2.27. The Morgan fingerprint density at radius 1 is 1.33 bits per heavy atom. The number of piperidine rings is 1. The molecule has 1 N–H and O–H groups in total. The van der Waals surface area contributed by atoms with Crippen molar-refractivity contribution in [3.63, 3.8) is 0 Å². The average molecular weight is 214 g/mol. The molecule has 3 nitrogen and oxygen atoms in total. The maximum absolute atomic E-state index is 9.17. The first-order valence-electron chi connectivity index (χ1n) is 6.16. The van der Waals surface area contributed by atoms with Gasteiger partial charge in [-0.25, -0.2) is 0 Å². The fourth-order valence-corrected chi connectivity index (χ4v) is 2.27. The van der Waals surface area contributed by atoms with Crippen molar-refractivity contribution in [2.45, 2.75) is 44.8 Å². The molecule has 0 spiro atoms. The predicted molar refractivity (Wildman–Crippen MR) is 64.1 cm³/mol. The van der Waals surface area contributed by atoms with Gasteiger partial charge in [-0.05, 0) is 66.3 Å². The first-order chi connectivity index (χ1) is 7.09. The summed E-state index contributed by atoms with van der Waals surface area (Å²) in [6.45, 7) is 5.48. The van der Waals surface area contributed by atoms with Crippen LogP contribution in [0.15, 0.2) is 0 Å². The number of likely N-dealkylation sites (tertiary alicyclic amines) is 1. The van der Waals surface area contributed by atoms with E-state index in [9.17, 15) is 5.11 Å². The highest BCUT2D eigenvalue weighted by Gasteiger charge is 2.19. The molecule has 0 bridgehead atoms. The van der Waals surface area contributed by atoms with Gasteiger partial charge in [-0.3, -0.25) is 0 Å². The lowest BCUT2D eigenvalue weighted by atomic mass is 10.0. The summed E-state index contributed by atoms with van der Waals surface area (Å²) in [7, 11) is 4.35. The number of rotatable bonds is 5. The van der Waals surface area contributed by atoms with Gasteiger partial charge in [0.05, 0.1) is 6.10 Å². The summed E-state index contributed by atoms with van der Waals surface area (Å²) in [5.41, 5.74) is 0. The van der Waals surface area contributed by atoms with Crippen molar-refractivity contribution in [3.05, 3.63) is 0 Å². The molecule has 1 aliphatic rings. The maximum Gasteiger partial charge on any atom is 0.0512 e. The summed E-state index contributed by atoms with van der Waals surface area (Å²) in [4.78, 5) is 4.87. The van der Waals surface area contributed by atoms with E-state index in [1.807, 2.05) is 6.92 Å². The van der Waals surface area contributed by atoms with E-state index < -0.39 is 0 Å². The molecular weight excluding hydrogens is 188 g/mol.